The van der Waals surface area contributed by atoms with Gasteiger partial charge in [0.2, 0.25) is 0 Å². The number of para-hydroxylation sites is 1. The normalized spacial score (nSPS) is 17.5. The second-order valence-electron chi connectivity index (χ2n) is 6.84. The maximum atomic E-state index is 13.2. The first-order valence-electron chi connectivity index (χ1n) is 9.09. The fourth-order valence-electron chi connectivity index (χ4n) is 4.03. The SMILES string of the molecule is O=C(Oc1ccccc1)c1ncn2c1[C@@H]1CCCN1C(=O)c1c(Cl)cccc1-2. The Kier molecular flexibility index (Phi) is 3.94. The van der Waals surface area contributed by atoms with E-state index in [1.165, 1.54) is 0 Å². The summed E-state index contributed by atoms with van der Waals surface area (Å²) in [5.74, 6) is -0.204. The highest BCUT2D eigenvalue weighted by Gasteiger charge is 2.41. The molecule has 6 nitrogen and oxygen atoms in total. The van der Waals surface area contributed by atoms with Crippen LogP contribution in [-0.4, -0.2) is 32.9 Å². The molecule has 7 heteroatoms. The van der Waals surface area contributed by atoms with Gasteiger partial charge in [0, 0.05) is 6.54 Å². The van der Waals surface area contributed by atoms with Crippen molar-refractivity contribution in [2.45, 2.75) is 18.9 Å². The average molecular weight is 394 g/mol. The lowest BCUT2D eigenvalue weighted by molar-refractivity contribution is 0.0701. The minimum Gasteiger partial charge on any atom is -0.422 e. The molecule has 2 aromatic carbocycles. The smallest absolute Gasteiger partial charge is 0.364 e. The summed E-state index contributed by atoms with van der Waals surface area (Å²) in [5, 5.41) is 0.392. The van der Waals surface area contributed by atoms with Crippen molar-refractivity contribution in [2.24, 2.45) is 0 Å². The van der Waals surface area contributed by atoms with Crippen LogP contribution in [-0.2, 0) is 0 Å². The highest BCUT2D eigenvalue weighted by atomic mass is 35.5. The molecule has 1 saturated heterocycles. The molecule has 1 amide bonds. The Hall–Kier alpha value is -3.12. The monoisotopic (exact) mass is 393 g/mol. The van der Waals surface area contributed by atoms with Gasteiger partial charge in [-0.15, -0.1) is 0 Å². The molecule has 1 fully saturated rings. The zero-order chi connectivity index (χ0) is 19.3. The summed E-state index contributed by atoms with van der Waals surface area (Å²) in [5.41, 5.74) is 1.97. The minimum absolute atomic E-state index is 0.117. The summed E-state index contributed by atoms with van der Waals surface area (Å²) in [4.78, 5) is 32.2. The van der Waals surface area contributed by atoms with Crippen LogP contribution in [0.25, 0.3) is 5.69 Å². The zero-order valence-electron chi connectivity index (χ0n) is 14.8. The molecule has 140 valence electrons. The standard InChI is InChI=1S/C21H16ClN3O3/c22-14-8-4-9-15-17(14)20(26)24-11-5-10-16(24)19-18(23-12-25(15)19)21(27)28-13-6-2-1-3-7-13/h1-4,6-9,12,16H,5,10-11H2/t16-/m0/s1. The first-order chi connectivity index (χ1) is 13.6. The van der Waals surface area contributed by atoms with Gasteiger partial charge in [-0.1, -0.05) is 35.9 Å². The largest absolute Gasteiger partial charge is 0.422 e. The van der Waals surface area contributed by atoms with Crippen molar-refractivity contribution in [1.29, 1.82) is 0 Å². The fourth-order valence-corrected chi connectivity index (χ4v) is 4.28. The molecule has 0 radical (unpaired) electrons. The number of nitrogens with zero attached hydrogens (tertiary/aromatic N) is 3. The highest BCUT2D eigenvalue weighted by Crippen LogP contribution is 2.41. The number of carbonyl (C=O) groups excluding carboxylic acids is 2. The molecule has 2 aliphatic heterocycles. The van der Waals surface area contributed by atoms with Crippen LogP contribution in [0, 0.1) is 0 Å². The van der Waals surface area contributed by atoms with Crippen LogP contribution in [0.15, 0.2) is 54.9 Å². The van der Waals surface area contributed by atoms with Gasteiger partial charge in [0.15, 0.2) is 5.69 Å². The van der Waals surface area contributed by atoms with Gasteiger partial charge in [0.05, 0.1) is 28.0 Å². The third-order valence-corrected chi connectivity index (χ3v) is 5.56. The summed E-state index contributed by atoms with van der Waals surface area (Å²) in [6, 6.07) is 13.9. The number of ether oxygens (including phenoxy) is 1. The van der Waals surface area contributed by atoms with Crippen molar-refractivity contribution < 1.29 is 14.3 Å². The summed E-state index contributed by atoms with van der Waals surface area (Å²) >= 11 is 6.37. The molecular formula is C21H16ClN3O3. The van der Waals surface area contributed by atoms with Crippen molar-refractivity contribution in [2.75, 3.05) is 6.54 Å². The van der Waals surface area contributed by atoms with Gasteiger partial charge in [-0.25, -0.2) is 9.78 Å². The van der Waals surface area contributed by atoms with Crippen molar-refractivity contribution in [3.63, 3.8) is 0 Å². The number of rotatable bonds is 2. The molecule has 5 rings (SSSR count). The van der Waals surface area contributed by atoms with Crippen LogP contribution in [0.1, 0.15) is 45.4 Å². The lowest BCUT2D eigenvalue weighted by Crippen LogP contribution is -2.30. The van der Waals surface area contributed by atoms with Gasteiger partial charge in [-0.05, 0) is 37.1 Å². The lowest BCUT2D eigenvalue weighted by atomic mass is 10.1. The summed E-state index contributed by atoms with van der Waals surface area (Å²) in [6.45, 7) is 0.618. The summed E-state index contributed by atoms with van der Waals surface area (Å²) < 4.78 is 7.31. The van der Waals surface area contributed by atoms with Crippen LogP contribution in [0.5, 0.6) is 5.75 Å². The van der Waals surface area contributed by atoms with E-state index in [1.807, 2.05) is 12.1 Å². The summed E-state index contributed by atoms with van der Waals surface area (Å²) in [6.07, 6.45) is 3.18. The first kappa shape index (κ1) is 17.0. The molecule has 0 saturated carbocycles. The number of fused-ring (bicyclic) bond motifs is 5. The van der Waals surface area contributed by atoms with Crippen molar-refractivity contribution >= 4 is 23.5 Å². The predicted octanol–water partition coefficient (Wildman–Crippen LogP) is 4.04. The van der Waals surface area contributed by atoms with Crippen LogP contribution in [0.3, 0.4) is 0 Å². The molecule has 0 N–H and O–H groups in total. The number of hydrogen-bond acceptors (Lipinski definition) is 4. The van der Waals surface area contributed by atoms with Crippen LogP contribution in [0.2, 0.25) is 5.02 Å². The Labute approximate surface area is 166 Å². The molecule has 3 heterocycles. The molecular weight excluding hydrogens is 378 g/mol. The molecule has 1 aromatic heterocycles. The quantitative estimate of drug-likeness (QED) is 0.487. The van der Waals surface area contributed by atoms with E-state index in [-0.39, 0.29) is 17.6 Å². The lowest BCUT2D eigenvalue weighted by Gasteiger charge is -2.23. The van der Waals surface area contributed by atoms with E-state index in [4.69, 9.17) is 16.3 Å². The Morgan fingerprint density at radius 3 is 2.79 bits per heavy atom. The number of imidazole rings is 1. The molecule has 0 unspecified atom stereocenters. The minimum atomic E-state index is -0.537. The van der Waals surface area contributed by atoms with Gasteiger partial charge in [-0.2, -0.15) is 0 Å². The van der Waals surface area contributed by atoms with Crippen LogP contribution >= 0.6 is 11.6 Å². The highest BCUT2D eigenvalue weighted by molar-refractivity contribution is 6.34. The third-order valence-electron chi connectivity index (χ3n) is 5.25. The van der Waals surface area contributed by atoms with Gasteiger partial charge >= 0.3 is 5.97 Å². The van der Waals surface area contributed by atoms with E-state index in [1.54, 1.807) is 52.2 Å². The van der Waals surface area contributed by atoms with Gasteiger partial charge in [0.1, 0.15) is 12.1 Å². The first-order valence-corrected chi connectivity index (χ1v) is 9.47. The maximum absolute atomic E-state index is 13.2. The molecule has 28 heavy (non-hydrogen) atoms. The van der Waals surface area contributed by atoms with Gasteiger partial charge in [-0.3, -0.25) is 9.36 Å². The van der Waals surface area contributed by atoms with E-state index < -0.39 is 5.97 Å². The Bertz CT molecular complexity index is 1090. The van der Waals surface area contributed by atoms with E-state index >= 15 is 0 Å². The number of carbonyl (C=O) groups is 2. The molecule has 1 atom stereocenters. The Morgan fingerprint density at radius 1 is 1.14 bits per heavy atom. The topological polar surface area (TPSA) is 64.4 Å². The van der Waals surface area contributed by atoms with Crippen molar-refractivity contribution in [3.8, 4) is 11.4 Å². The predicted molar refractivity (Wildman–Crippen MR) is 103 cm³/mol. The number of esters is 1. The second kappa shape index (κ2) is 6.49. The van der Waals surface area contributed by atoms with E-state index in [0.29, 0.717) is 34.3 Å². The van der Waals surface area contributed by atoms with Crippen LogP contribution in [0.4, 0.5) is 0 Å². The Balaban J connectivity index is 1.66. The van der Waals surface area contributed by atoms with Gasteiger partial charge < -0.3 is 9.64 Å². The van der Waals surface area contributed by atoms with Crippen molar-refractivity contribution in [1.82, 2.24) is 14.5 Å². The van der Waals surface area contributed by atoms with E-state index in [0.717, 1.165) is 12.8 Å². The third kappa shape index (κ3) is 2.52. The van der Waals surface area contributed by atoms with E-state index in [9.17, 15) is 9.59 Å². The van der Waals surface area contributed by atoms with Crippen molar-refractivity contribution in [3.05, 3.63) is 76.8 Å². The molecule has 0 aliphatic carbocycles. The van der Waals surface area contributed by atoms with Gasteiger partial charge in [0.25, 0.3) is 5.91 Å². The number of amides is 1. The maximum Gasteiger partial charge on any atom is 0.364 e. The van der Waals surface area contributed by atoms with Crippen LogP contribution < -0.4 is 4.74 Å². The second-order valence-corrected chi connectivity index (χ2v) is 7.25. The number of aromatic nitrogens is 2. The van der Waals surface area contributed by atoms with E-state index in [2.05, 4.69) is 4.98 Å². The summed E-state index contributed by atoms with van der Waals surface area (Å²) in [7, 11) is 0. The number of hydrogen-bond donors (Lipinski definition) is 0. The number of benzene rings is 2. The molecule has 3 aromatic rings. The average Bonchev–Trinajstić information content (AvgIpc) is 3.33. The molecule has 2 aliphatic rings. The Morgan fingerprint density at radius 2 is 1.96 bits per heavy atom. The molecule has 0 spiro atoms. The zero-order valence-corrected chi connectivity index (χ0v) is 15.6. The fraction of sp³-hybridized carbons (Fsp3) is 0.190. The molecule has 0 bridgehead atoms. The number of halogens is 1.